The minimum atomic E-state index is -3.11. The van der Waals surface area contributed by atoms with Crippen molar-refractivity contribution in [3.63, 3.8) is 0 Å². The molecule has 2 fully saturated rings. The van der Waals surface area contributed by atoms with Crippen LogP contribution >= 0.6 is 39.3 Å². The van der Waals surface area contributed by atoms with E-state index in [9.17, 15) is 13.2 Å². The van der Waals surface area contributed by atoms with Gasteiger partial charge < -0.3 is 9.64 Å². The number of carbonyl (C=O) groups is 1. The Labute approximate surface area is 157 Å². The molecule has 130 valence electrons. The third-order valence-corrected chi connectivity index (χ3v) is 7.73. The van der Waals surface area contributed by atoms with E-state index in [1.165, 1.54) is 18.9 Å². The van der Waals surface area contributed by atoms with E-state index in [0.717, 1.165) is 4.47 Å². The quantitative estimate of drug-likeness (QED) is 0.699. The monoisotopic (exact) mass is 452 g/mol. The number of ether oxygens (including phenoxy) is 1. The number of amidine groups is 1. The van der Waals surface area contributed by atoms with Gasteiger partial charge in [-0.2, -0.15) is 4.99 Å². The second-order valence-corrected chi connectivity index (χ2v) is 10.2. The van der Waals surface area contributed by atoms with Crippen molar-refractivity contribution in [2.45, 2.75) is 11.3 Å². The SMILES string of the molecule is COCC(=O)N=C1S[C@@H]2CS(=O)(=O)C[C@H]2N1c1ccc(Br)cc1Cl. The van der Waals surface area contributed by atoms with Gasteiger partial charge in [0.25, 0.3) is 5.91 Å². The van der Waals surface area contributed by atoms with Gasteiger partial charge in [-0.25, -0.2) is 8.42 Å². The molecule has 2 saturated heterocycles. The minimum Gasteiger partial charge on any atom is -0.375 e. The summed E-state index contributed by atoms with van der Waals surface area (Å²) < 4.78 is 29.6. The molecule has 2 heterocycles. The van der Waals surface area contributed by atoms with Crippen LogP contribution in [-0.4, -0.2) is 56.0 Å². The van der Waals surface area contributed by atoms with Crippen molar-refractivity contribution >= 4 is 65.9 Å². The van der Waals surface area contributed by atoms with Gasteiger partial charge in [0.15, 0.2) is 15.0 Å². The minimum absolute atomic E-state index is 0.0224. The van der Waals surface area contributed by atoms with E-state index in [0.29, 0.717) is 15.9 Å². The number of fused-ring (bicyclic) bond motifs is 1. The third-order valence-electron chi connectivity index (χ3n) is 3.72. The lowest BCUT2D eigenvalue weighted by Crippen LogP contribution is -2.38. The number of aliphatic imine (C=N–C) groups is 1. The number of methoxy groups -OCH3 is 1. The van der Waals surface area contributed by atoms with Crippen molar-refractivity contribution < 1.29 is 17.9 Å². The van der Waals surface area contributed by atoms with E-state index in [2.05, 4.69) is 20.9 Å². The zero-order chi connectivity index (χ0) is 17.5. The summed E-state index contributed by atoms with van der Waals surface area (Å²) in [5.41, 5.74) is 0.640. The first-order chi connectivity index (χ1) is 11.3. The lowest BCUT2D eigenvalue weighted by molar-refractivity contribution is -0.121. The fourth-order valence-corrected chi connectivity index (χ4v) is 7.47. The third kappa shape index (κ3) is 3.65. The van der Waals surface area contributed by atoms with Crippen molar-refractivity contribution in [2.24, 2.45) is 4.99 Å². The maximum absolute atomic E-state index is 12.0. The zero-order valence-corrected chi connectivity index (χ0v) is 16.6. The van der Waals surface area contributed by atoms with Gasteiger partial charge in [-0.3, -0.25) is 4.79 Å². The Morgan fingerprint density at radius 2 is 2.25 bits per heavy atom. The van der Waals surface area contributed by atoms with Gasteiger partial charge in [-0.05, 0) is 18.2 Å². The van der Waals surface area contributed by atoms with Crippen LogP contribution in [0.4, 0.5) is 5.69 Å². The molecule has 3 rings (SSSR count). The number of thioether (sulfide) groups is 1. The zero-order valence-electron chi connectivity index (χ0n) is 12.6. The Bertz CT molecular complexity index is 815. The van der Waals surface area contributed by atoms with Crippen LogP contribution in [0, 0.1) is 0 Å². The number of halogens is 2. The largest absolute Gasteiger partial charge is 0.375 e. The van der Waals surface area contributed by atoms with Gasteiger partial charge in [0.05, 0.1) is 28.3 Å². The van der Waals surface area contributed by atoms with Gasteiger partial charge in [0.2, 0.25) is 0 Å². The summed E-state index contributed by atoms with van der Waals surface area (Å²) >= 11 is 11.0. The standard InChI is InChI=1S/C14H14BrClN2O4S2/c1-22-5-13(19)17-14-18(10-3-2-8(15)4-9(10)16)11-6-24(20,21)7-12(11)23-14/h2-4,11-12H,5-7H2,1H3/t11-,12-/m1/s1. The molecule has 0 bridgehead atoms. The lowest BCUT2D eigenvalue weighted by atomic mass is 10.2. The van der Waals surface area contributed by atoms with Crippen molar-refractivity contribution in [2.75, 3.05) is 30.1 Å². The van der Waals surface area contributed by atoms with Gasteiger partial charge in [0.1, 0.15) is 6.61 Å². The van der Waals surface area contributed by atoms with Crippen molar-refractivity contribution in [1.82, 2.24) is 0 Å². The Morgan fingerprint density at radius 1 is 1.50 bits per heavy atom. The Morgan fingerprint density at radius 3 is 2.92 bits per heavy atom. The molecule has 1 amide bonds. The predicted octanol–water partition coefficient (Wildman–Crippen LogP) is 2.35. The Hall–Kier alpha value is -0.610. The topological polar surface area (TPSA) is 76.0 Å². The smallest absolute Gasteiger partial charge is 0.274 e. The van der Waals surface area contributed by atoms with Crippen molar-refractivity contribution in [1.29, 1.82) is 0 Å². The molecule has 0 unspecified atom stereocenters. The fraction of sp³-hybridized carbons (Fsp3) is 0.429. The molecule has 10 heteroatoms. The molecule has 1 aromatic rings. The van der Waals surface area contributed by atoms with Crippen LogP contribution in [0.3, 0.4) is 0 Å². The van der Waals surface area contributed by atoms with Crippen molar-refractivity contribution in [3.05, 3.63) is 27.7 Å². The van der Waals surface area contributed by atoms with Gasteiger partial charge >= 0.3 is 0 Å². The van der Waals surface area contributed by atoms with Gasteiger partial charge in [-0.1, -0.05) is 39.3 Å². The number of nitrogens with zero attached hydrogens (tertiary/aromatic N) is 2. The molecule has 0 aromatic heterocycles. The number of hydrogen-bond acceptors (Lipinski definition) is 5. The Kier molecular flexibility index (Phi) is 5.27. The number of rotatable bonds is 3. The number of sulfone groups is 1. The van der Waals surface area contributed by atoms with Crippen LogP contribution in [0.2, 0.25) is 5.02 Å². The number of benzene rings is 1. The first-order valence-corrected chi connectivity index (χ1v) is 10.9. The molecule has 0 saturated carbocycles. The highest BCUT2D eigenvalue weighted by Crippen LogP contribution is 2.43. The molecule has 0 aliphatic carbocycles. The molecule has 2 aliphatic rings. The number of hydrogen-bond donors (Lipinski definition) is 0. The van der Waals surface area contributed by atoms with E-state index in [1.807, 2.05) is 6.07 Å². The predicted molar refractivity (Wildman–Crippen MR) is 99.8 cm³/mol. The average Bonchev–Trinajstić information content (AvgIpc) is 2.91. The molecule has 2 atom stereocenters. The fourth-order valence-electron chi connectivity index (χ4n) is 2.79. The first-order valence-electron chi connectivity index (χ1n) is 7.02. The Balaban J connectivity index is 2.03. The summed E-state index contributed by atoms with van der Waals surface area (Å²) in [5, 5.41) is 0.761. The molecule has 0 spiro atoms. The summed E-state index contributed by atoms with van der Waals surface area (Å²) in [6.45, 7) is -0.125. The highest BCUT2D eigenvalue weighted by molar-refractivity contribution is 9.10. The molecule has 2 aliphatic heterocycles. The summed E-state index contributed by atoms with van der Waals surface area (Å²) in [4.78, 5) is 17.7. The second kappa shape index (κ2) is 6.95. The van der Waals surface area contributed by atoms with Crippen LogP contribution in [0.25, 0.3) is 0 Å². The number of anilines is 1. The number of carbonyl (C=O) groups excluding carboxylic acids is 1. The molecular weight excluding hydrogens is 440 g/mol. The normalized spacial score (nSPS) is 26.8. The summed E-state index contributed by atoms with van der Waals surface area (Å²) in [7, 11) is -1.69. The van der Waals surface area contributed by atoms with Crippen LogP contribution in [-0.2, 0) is 19.4 Å². The maximum Gasteiger partial charge on any atom is 0.274 e. The highest BCUT2D eigenvalue weighted by Gasteiger charge is 2.49. The first kappa shape index (κ1) is 18.2. The maximum atomic E-state index is 12.0. The summed E-state index contributed by atoms with van der Waals surface area (Å²) in [6, 6.07) is 5.05. The molecule has 24 heavy (non-hydrogen) atoms. The molecule has 0 radical (unpaired) electrons. The molecule has 1 aromatic carbocycles. The number of amides is 1. The van der Waals surface area contributed by atoms with Crippen LogP contribution in [0.1, 0.15) is 0 Å². The molecule has 6 nitrogen and oxygen atoms in total. The van der Waals surface area contributed by atoms with E-state index in [-0.39, 0.29) is 29.4 Å². The van der Waals surface area contributed by atoms with Crippen LogP contribution in [0.15, 0.2) is 27.7 Å². The molecular formula is C14H14BrClN2O4S2. The summed E-state index contributed by atoms with van der Waals surface area (Å²) in [5.74, 6) is -0.319. The van der Waals surface area contributed by atoms with Crippen LogP contribution in [0.5, 0.6) is 0 Å². The van der Waals surface area contributed by atoms with E-state index in [1.54, 1.807) is 17.0 Å². The van der Waals surface area contributed by atoms with Gasteiger partial charge in [-0.15, -0.1) is 0 Å². The average molecular weight is 454 g/mol. The second-order valence-electron chi connectivity index (χ2n) is 5.49. The summed E-state index contributed by atoms with van der Waals surface area (Å²) in [6.07, 6.45) is 0. The molecule has 0 N–H and O–H groups in total. The highest BCUT2D eigenvalue weighted by atomic mass is 79.9. The van der Waals surface area contributed by atoms with E-state index >= 15 is 0 Å². The lowest BCUT2D eigenvalue weighted by Gasteiger charge is -2.25. The van der Waals surface area contributed by atoms with E-state index in [4.69, 9.17) is 16.3 Å². The van der Waals surface area contributed by atoms with E-state index < -0.39 is 15.7 Å². The van der Waals surface area contributed by atoms with Gasteiger partial charge in [0, 0.05) is 16.8 Å². The van der Waals surface area contributed by atoms with Crippen LogP contribution < -0.4 is 4.90 Å². The van der Waals surface area contributed by atoms with Crippen molar-refractivity contribution in [3.8, 4) is 0 Å².